The van der Waals surface area contributed by atoms with E-state index in [4.69, 9.17) is 0 Å². The summed E-state index contributed by atoms with van der Waals surface area (Å²) in [5.41, 5.74) is 1.05. The van der Waals surface area contributed by atoms with E-state index in [1.807, 2.05) is 13.0 Å². The standard InChI is InChI=1S/C23H17N3O5S/c1-12-5-6-18-15(7-12)19(26-21(28)16-10-32-11-17(16)24-23(26)31)20(22(29)30)25(18)9-13-3-2-4-14(27)8-13/h2-8,10-11,27H,9H2,1H3,(H,24,31)(H,29,30). The number of nitrogens with zero attached hydrogens (tertiary/aromatic N) is 2. The Labute approximate surface area is 184 Å². The molecule has 0 aliphatic heterocycles. The highest BCUT2D eigenvalue weighted by Gasteiger charge is 2.27. The number of H-pyrrole nitrogens is 1. The van der Waals surface area contributed by atoms with E-state index in [0.717, 1.165) is 10.1 Å². The molecule has 0 amide bonds. The van der Waals surface area contributed by atoms with Crippen molar-refractivity contribution in [2.45, 2.75) is 13.5 Å². The Morgan fingerprint density at radius 1 is 1.09 bits per heavy atom. The van der Waals surface area contributed by atoms with Crippen LogP contribution in [0.2, 0.25) is 0 Å². The SMILES string of the molecule is Cc1ccc2c(c1)c(-n1c(=O)[nH]c3cscc3c1=O)c(C(=O)O)n2Cc1cccc(O)c1. The number of hydrogen-bond acceptors (Lipinski definition) is 5. The molecule has 5 rings (SSSR count). The second kappa shape index (κ2) is 7.24. The highest BCUT2D eigenvalue weighted by atomic mass is 32.1. The van der Waals surface area contributed by atoms with Gasteiger partial charge in [0.05, 0.1) is 22.1 Å². The van der Waals surface area contributed by atoms with E-state index in [1.165, 1.54) is 17.4 Å². The minimum absolute atomic E-state index is 0.0238. The van der Waals surface area contributed by atoms with Crippen LogP contribution in [-0.4, -0.2) is 30.3 Å². The lowest BCUT2D eigenvalue weighted by atomic mass is 10.1. The third-order valence-corrected chi connectivity index (χ3v) is 6.15. The van der Waals surface area contributed by atoms with Crippen molar-refractivity contribution in [2.24, 2.45) is 0 Å². The molecular weight excluding hydrogens is 430 g/mol. The largest absolute Gasteiger partial charge is 0.508 e. The molecule has 2 aromatic carbocycles. The molecule has 3 N–H and O–H groups in total. The number of aromatic amines is 1. The Kier molecular flexibility index (Phi) is 4.49. The molecular formula is C23H17N3O5S. The number of carbonyl (C=O) groups is 1. The second-order valence-electron chi connectivity index (χ2n) is 7.55. The van der Waals surface area contributed by atoms with E-state index >= 15 is 0 Å². The Bertz CT molecular complexity index is 1650. The van der Waals surface area contributed by atoms with Crippen molar-refractivity contribution in [3.8, 4) is 11.4 Å². The maximum Gasteiger partial charge on any atom is 0.354 e. The number of phenolic OH excluding ortho intramolecular Hbond substituents is 1. The monoisotopic (exact) mass is 447 g/mol. The Hall–Kier alpha value is -4.11. The van der Waals surface area contributed by atoms with Crippen molar-refractivity contribution >= 4 is 39.1 Å². The van der Waals surface area contributed by atoms with Gasteiger partial charge in [-0.1, -0.05) is 23.8 Å². The van der Waals surface area contributed by atoms with Gasteiger partial charge < -0.3 is 19.8 Å². The van der Waals surface area contributed by atoms with Crippen LogP contribution in [0.1, 0.15) is 21.6 Å². The number of hydrogen-bond donors (Lipinski definition) is 3. The summed E-state index contributed by atoms with van der Waals surface area (Å²) in [5.74, 6) is -1.21. The van der Waals surface area contributed by atoms with E-state index in [1.54, 1.807) is 45.7 Å². The van der Waals surface area contributed by atoms with Gasteiger partial charge in [0, 0.05) is 22.7 Å². The Morgan fingerprint density at radius 2 is 1.91 bits per heavy atom. The first kappa shape index (κ1) is 19.8. The fourth-order valence-corrected chi connectivity index (χ4v) is 4.80. The molecule has 0 spiro atoms. The van der Waals surface area contributed by atoms with Crippen LogP contribution in [0.25, 0.3) is 27.5 Å². The number of benzene rings is 2. The van der Waals surface area contributed by atoms with Gasteiger partial charge in [-0.15, -0.1) is 11.3 Å². The summed E-state index contributed by atoms with van der Waals surface area (Å²) >= 11 is 1.28. The third-order valence-electron chi connectivity index (χ3n) is 5.41. The van der Waals surface area contributed by atoms with Crippen LogP contribution in [0, 0.1) is 6.92 Å². The van der Waals surface area contributed by atoms with Crippen LogP contribution in [0.3, 0.4) is 0 Å². The molecule has 0 bridgehead atoms. The van der Waals surface area contributed by atoms with Crippen molar-refractivity contribution < 1.29 is 15.0 Å². The molecule has 3 heterocycles. The summed E-state index contributed by atoms with van der Waals surface area (Å²) in [4.78, 5) is 41.3. The van der Waals surface area contributed by atoms with E-state index in [-0.39, 0.29) is 23.7 Å². The van der Waals surface area contributed by atoms with Gasteiger partial charge in [-0.3, -0.25) is 4.79 Å². The smallest absolute Gasteiger partial charge is 0.354 e. The predicted octanol–water partition coefficient (Wildman–Crippen LogP) is 3.46. The van der Waals surface area contributed by atoms with E-state index in [2.05, 4.69) is 4.98 Å². The molecule has 160 valence electrons. The Balaban J connectivity index is 1.91. The number of thiophene rings is 1. The first-order chi connectivity index (χ1) is 15.3. The van der Waals surface area contributed by atoms with Gasteiger partial charge in [0.15, 0.2) is 5.69 Å². The zero-order valence-electron chi connectivity index (χ0n) is 16.8. The van der Waals surface area contributed by atoms with Gasteiger partial charge in [-0.2, -0.15) is 0 Å². The molecule has 8 nitrogen and oxygen atoms in total. The van der Waals surface area contributed by atoms with Crippen LogP contribution < -0.4 is 11.2 Å². The van der Waals surface area contributed by atoms with Crippen LogP contribution in [0.15, 0.2) is 62.8 Å². The van der Waals surface area contributed by atoms with Crippen LogP contribution in [0.4, 0.5) is 0 Å². The summed E-state index contributed by atoms with van der Waals surface area (Å²) in [5, 5.41) is 24.1. The normalized spacial score (nSPS) is 11.4. The number of carboxylic acid groups (broad SMARTS) is 1. The number of phenols is 1. The molecule has 9 heteroatoms. The number of carboxylic acids is 1. The van der Waals surface area contributed by atoms with Gasteiger partial charge >= 0.3 is 11.7 Å². The molecule has 0 aliphatic rings. The van der Waals surface area contributed by atoms with Crippen LogP contribution in [0.5, 0.6) is 5.75 Å². The van der Waals surface area contributed by atoms with Gasteiger partial charge in [0.2, 0.25) is 0 Å². The fourth-order valence-electron chi connectivity index (χ4n) is 4.04. The van der Waals surface area contributed by atoms with Crippen molar-refractivity contribution in [1.82, 2.24) is 14.1 Å². The molecule has 0 atom stereocenters. The van der Waals surface area contributed by atoms with E-state index < -0.39 is 17.2 Å². The van der Waals surface area contributed by atoms with Gasteiger partial charge in [-0.25, -0.2) is 14.2 Å². The lowest BCUT2D eigenvalue weighted by Gasteiger charge is -2.10. The van der Waals surface area contributed by atoms with E-state index in [9.17, 15) is 24.6 Å². The number of nitrogens with one attached hydrogen (secondary N) is 1. The summed E-state index contributed by atoms with van der Waals surface area (Å²) < 4.78 is 2.45. The summed E-state index contributed by atoms with van der Waals surface area (Å²) in [6.45, 7) is 1.98. The fraction of sp³-hybridized carbons (Fsp3) is 0.0870. The number of aryl methyl sites for hydroxylation is 1. The predicted molar refractivity (Wildman–Crippen MR) is 122 cm³/mol. The molecule has 0 saturated carbocycles. The van der Waals surface area contributed by atoms with Crippen molar-refractivity contribution in [2.75, 3.05) is 0 Å². The number of fused-ring (bicyclic) bond motifs is 2. The highest BCUT2D eigenvalue weighted by Crippen LogP contribution is 2.31. The minimum atomic E-state index is -1.27. The molecule has 32 heavy (non-hydrogen) atoms. The summed E-state index contributed by atoms with van der Waals surface area (Å²) in [7, 11) is 0. The van der Waals surface area contributed by atoms with Crippen molar-refractivity contribution in [3.63, 3.8) is 0 Å². The maximum atomic E-state index is 13.2. The lowest BCUT2D eigenvalue weighted by molar-refractivity contribution is 0.0686. The van der Waals surface area contributed by atoms with Crippen LogP contribution in [-0.2, 0) is 6.54 Å². The van der Waals surface area contributed by atoms with E-state index in [0.29, 0.717) is 27.4 Å². The number of rotatable bonds is 4. The first-order valence-corrected chi connectivity index (χ1v) is 10.6. The quantitative estimate of drug-likeness (QED) is 0.390. The zero-order valence-corrected chi connectivity index (χ0v) is 17.6. The topological polar surface area (TPSA) is 117 Å². The van der Waals surface area contributed by atoms with Gasteiger partial charge in [0.1, 0.15) is 5.75 Å². The molecule has 0 fully saturated rings. The zero-order chi connectivity index (χ0) is 22.6. The van der Waals surface area contributed by atoms with Gasteiger partial charge in [-0.05, 0) is 36.8 Å². The third kappa shape index (κ3) is 3.02. The molecule has 0 radical (unpaired) electrons. The number of aromatic hydroxyl groups is 1. The van der Waals surface area contributed by atoms with Crippen LogP contribution >= 0.6 is 11.3 Å². The first-order valence-electron chi connectivity index (χ1n) is 9.71. The summed E-state index contributed by atoms with van der Waals surface area (Å²) in [6, 6.07) is 11.9. The molecule has 0 unspecified atom stereocenters. The maximum absolute atomic E-state index is 13.2. The average Bonchev–Trinajstić information content (AvgIpc) is 3.31. The lowest BCUT2D eigenvalue weighted by Crippen LogP contribution is -2.34. The minimum Gasteiger partial charge on any atom is -0.508 e. The highest BCUT2D eigenvalue weighted by molar-refractivity contribution is 7.09. The summed E-state index contributed by atoms with van der Waals surface area (Å²) in [6.07, 6.45) is 0. The number of aromatic carboxylic acids is 1. The average molecular weight is 447 g/mol. The molecule has 5 aromatic rings. The molecule has 0 aliphatic carbocycles. The Morgan fingerprint density at radius 3 is 2.66 bits per heavy atom. The second-order valence-corrected chi connectivity index (χ2v) is 8.29. The number of aromatic nitrogens is 3. The van der Waals surface area contributed by atoms with Crippen molar-refractivity contribution in [3.05, 3.63) is 90.9 Å². The molecule has 0 saturated heterocycles. The van der Waals surface area contributed by atoms with Crippen molar-refractivity contribution in [1.29, 1.82) is 0 Å². The molecule has 3 aromatic heterocycles. The van der Waals surface area contributed by atoms with Gasteiger partial charge in [0.25, 0.3) is 5.56 Å².